The minimum atomic E-state index is -1.33. The first kappa shape index (κ1) is 22.6. The molecule has 0 spiro atoms. The Bertz CT molecular complexity index is 1130. The molecule has 2 aliphatic carbocycles. The number of aliphatic hydroxyl groups is 1. The molecule has 5 aliphatic rings. The van der Waals surface area contributed by atoms with E-state index in [9.17, 15) is 14.7 Å². The number of benzene rings is 1. The first-order chi connectivity index (χ1) is 16.3. The van der Waals surface area contributed by atoms with E-state index >= 15 is 0 Å². The molecule has 3 aliphatic heterocycles. The molecule has 180 valence electrons. The van der Waals surface area contributed by atoms with E-state index in [4.69, 9.17) is 14.6 Å². The molecule has 3 fully saturated rings. The average Bonchev–Trinajstić information content (AvgIpc) is 3.71. The zero-order valence-corrected chi connectivity index (χ0v) is 18.9. The van der Waals surface area contributed by atoms with Gasteiger partial charge < -0.3 is 36.2 Å². The molecule has 1 saturated carbocycles. The third-order valence-corrected chi connectivity index (χ3v) is 7.57. The number of hydrogen-bond donors (Lipinski definition) is 5. The van der Waals surface area contributed by atoms with Crippen molar-refractivity contribution in [1.29, 1.82) is 0 Å². The Kier molecular flexibility index (Phi) is 5.27. The molecule has 6 N–H and O–H groups in total. The number of nitrogens with zero attached hydrogens (tertiary/aromatic N) is 1. The van der Waals surface area contributed by atoms with Crippen LogP contribution in [0.3, 0.4) is 0 Å². The molecule has 1 aromatic rings. The van der Waals surface area contributed by atoms with Crippen molar-refractivity contribution in [3.05, 3.63) is 58.4 Å². The van der Waals surface area contributed by atoms with E-state index in [1.165, 1.54) is 5.56 Å². The van der Waals surface area contributed by atoms with Crippen LogP contribution in [0.2, 0.25) is 0 Å². The summed E-state index contributed by atoms with van der Waals surface area (Å²) in [6.07, 6.45) is -0.403. The largest absolute Gasteiger partial charge is 0.465 e. The smallest absolute Gasteiger partial charge is 0.402 e. The molecule has 34 heavy (non-hydrogen) atoms. The number of nitrogens with two attached hydrogens (primary N) is 1. The van der Waals surface area contributed by atoms with E-state index in [1.54, 1.807) is 14.0 Å². The molecule has 0 aromatic heterocycles. The van der Waals surface area contributed by atoms with Gasteiger partial charge in [-0.15, -0.1) is 0 Å². The lowest BCUT2D eigenvalue weighted by Gasteiger charge is -2.39. The molecule has 6 unspecified atom stereocenters. The number of rotatable bonds is 5. The number of primary amides is 1. The lowest BCUT2D eigenvalue weighted by molar-refractivity contribution is -0.137. The summed E-state index contributed by atoms with van der Waals surface area (Å²) in [5.74, 6) is -0.523. The molecule has 6 rings (SSSR count). The minimum absolute atomic E-state index is 0.0217. The lowest BCUT2D eigenvalue weighted by atomic mass is 9.82. The highest BCUT2D eigenvalue weighted by Crippen LogP contribution is 2.55. The predicted octanol–water partition coefficient (Wildman–Crippen LogP) is 0.0559. The van der Waals surface area contributed by atoms with Crippen molar-refractivity contribution < 1.29 is 29.3 Å². The highest BCUT2D eigenvalue weighted by Gasteiger charge is 2.72. The third-order valence-electron chi connectivity index (χ3n) is 7.57. The van der Waals surface area contributed by atoms with Gasteiger partial charge >= 0.3 is 6.09 Å². The SMILES string of the molecule is COC12C(CO)C3=C(C(=O)C(C)=C(NC4CC4c4ccccc4)C3=O)N1CC1NC12.NC(=O)O. The van der Waals surface area contributed by atoms with E-state index in [2.05, 4.69) is 28.5 Å². The van der Waals surface area contributed by atoms with Crippen LogP contribution >= 0.6 is 0 Å². The quantitative estimate of drug-likeness (QED) is 0.297. The van der Waals surface area contributed by atoms with Crippen molar-refractivity contribution in [3.8, 4) is 0 Å². The second kappa shape index (κ2) is 7.93. The number of ether oxygens (including phenoxy) is 1. The Balaban J connectivity index is 0.000000560. The monoisotopic (exact) mass is 468 g/mol. The third kappa shape index (κ3) is 3.17. The van der Waals surface area contributed by atoms with Gasteiger partial charge in [0.15, 0.2) is 5.72 Å². The van der Waals surface area contributed by atoms with E-state index < -0.39 is 17.7 Å². The number of carboxylic acid groups (broad SMARTS) is 1. The standard InChI is InChI=1S/C23H25N3O4.CH3NO2/c1-11-18(24-15-8-13(15)12-6-4-3-5-7-12)21(29)17-14(10-27)23(30-2)22-16(25-22)9-26(23)19(17)20(11)28;2-1(3)4/h3-7,13-16,22,24-25,27H,8-10H2,1-2H3;2H2,(H,3,4). The van der Waals surface area contributed by atoms with Crippen LogP contribution in [0.25, 0.3) is 0 Å². The van der Waals surface area contributed by atoms with Crippen molar-refractivity contribution in [2.45, 2.75) is 43.1 Å². The number of carbonyl (C=O) groups is 3. The Labute approximate surface area is 196 Å². The summed E-state index contributed by atoms with van der Waals surface area (Å²) in [5.41, 5.74) is 6.07. The molecule has 0 bridgehead atoms. The number of Topliss-reactive ketones (excluding diaryl/α,β-unsaturated/α-hetero) is 2. The van der Waals surface area contributed by atoms with Crippen molar-refractivity contribution in [2.75, 3.05) is 20.3 Å². The van der Waals surface area contributed by atoms with Crippen molar-refractivity contribution >= 4 is 17.7 Å². The molecule has 10 nitrogen and oxygen atoms in total. The molecule has 1 amide bonds. The number of hydrogen-bond acceptors (Lipinski definition) is 8. The fourth-order valence-corrected chi connectivity index (χ4v) is 5.93. The minimum Gasteiger partial charge on any atom is -0.465 e. The van der Waals surface area contributed by atoms with Crippen LogP contribution in [-0.2, 0) is 14.3 Å². The van der Waals surface area contributed by atoms with Crippen LogP contribution in [0.1, 0.15) is 24.8 Å². The van der Waals surface area contributed by atoms with Gasteiger partial charge in [0.2, 0.25) is 11.6 Å². The van der Waals surface area contributed by atoms with Crippen LogP contribution in [0, 0.1) is 5.92 Å². The maximum Gasteiger partial charge on any atom is 0.402 e. The number of fused-ring (bicyclic) bond motifs is 4. The maximum atomic E-state index is 13.6. The number of allylic oxidation sites excluding steroid dienone is 2. The van der Waals surface area contributed by atoms with Gasteiger partial charge in [-0.05, 0) is 18.9 Å². The number of carbonyl (C=O) groups excluding carboxylic acids is 2. The molecule has 10 heteroatoms. The fraction of sp³-hybridized carbons (Fsp3) is 0.458. The first-order valence-corrected chi connectivity index (χ1v) is 11.3. The van der Waals surface area contributed by atoms with Crippen LogP contribution in [0.5, 0.6) is 0 Å². The van der Waals surface area contributed by atoms with Gasteiger partial charge in [-0.25, -0.2) is 4.79 Å². The van der Waals surface area contributed by atoms with Crippen LogP contribution < -0.4 is 16.4 Å². The molecule has 2 saturated heterocycles. The van der Waals surface area contributed by atoms with Crippen molar-refractivity contribution in [2.24, 2.45) is 11.7 Å². The van der Waals surface area contributed by atoms with Gasteiger partial charge in [-0.1, -0.05) is 30.3 Å². The zero-order valence-electron chi connectivity index (χ0n) is 18.9. The second-order valence-corrected chi connectivity index (χ2v) is 9.32. The Hall–Kier alpha value is -3.21. The molecule has 0 radical (unpaired) electrons. The summed E-state index contributed by atoms with van der Waals surface area (Å²) in [4.78, 5) is 37.7. The van der Waals surface area contributed by atoms with Gasteiger partial charge in [0.05, 0.1) is 30.0 Å². The summed E-state index contributed by atoms with van der Waals surface area (Å²) in [6.45, 7) is 2.10. The van der Waals surface area contributed by atoms with Crippen molar-refractivity contribution in [1.82, 2.24) is 15.5 Å². The Morgan fingerprint density at radius 2 is 1.97 bits per heavy atom. The number of nitrogens with one attached hydrogen (secondary N) is 2. The molecular formula is C24H28N4O6. The van der Waals surface area contributed by atoms with E-state index in [0.717, 1.165) is 6.42 Å². The van der Waals surface area contributed by atoms with Gasteiger partial charge in [-0.3, -0.25) is 9.59 Å². The molecular weight excluding hydrogens is 440 g/mol. The van der Waals surface area contributed by atoms with Crippen LogP contribution in [0.4, 0.5) is 4.79 Å². The second-order valence-electron chi connectivity index (χ2n) is 9.32. The topological polar surface area (TPSA) is 164 Å². The van der Waals surface area contributed by atoms with Gasteiger partial charge in [-0.2, -0.15) is 0 Å². The summed E-state index contributed by atoms with van der Waals surface area (Å²) in [6, 6.07) is 10.6. The number of methoxy groups -OCH3 is 1. The van der Waals surface area contributed by atoms with E-state index in [0.29, 0.717) is 35.0 Å². The van der Waals surface area contributed by atoms with Gasteiger partial charge in [0, 0.05) is 42.8 Å². The van der Waals surface area contributed by atoms with E-state index in [-0.39, 0.29) is 36.3 Å². The molecule has 6 atom stereocenters. The predicted molar refractivity (Wildman–Crippen MR) is 120 cm³/mol. The van der Waals surface area contributed by atoms with Crippen molar-refractivity contribution in [3.63, 3.8) is 0 Å². The lowest BCUT2D eigenvalue weighted by Crippen LogP contribution is -2.54. The highest BCUT2D eigenvalue weighted by molar-refractivity contribution is 6.25. The summed E-state index contributed by atoms with van der Waals surface area (Å²) >= 11 is 0. The Morgan fingerprint density at radius 1 is 1.29 bits per heavy atom. The van der Waals surface area contributed by atoms with Crippen LogP contribution in [0.15, 0.2) is 52.9 Å². The maximum absolute atomic E-state index is 13.6. The summed E-state index contributed by atoms with van der Waals surface area (Å²) in [7, 11) is 1.60. The van der Waals surface area contributed by atoms with Gasteiger partial charge in [0.25, 0.3) is 0 Å². The normalized spacial score (nSPS) is 34.8. The average molecular weight is 469 g/mol. The van der Waals surface area contributed by atoms with Gasteiger partial charge in [0.1, 0.15) is 0 Å². The first-order valence-electron chi connectivity index (χ1n) is 11.3. The molecule has 3 heterocycles. The Morgan fingerprint density at radius 3 is 2.59 bits per heavy atom. The summed E-state index contributed by atoms with van der Waals surface area (Å²) in [5, 5.41) is 24.2. The van der Waals surface area contributed by atoms with E-state index in [1.807, 2.05) is 23.1 Å². The fourth-order valence-electron chi connectivity index (χ4n) is 5.93. The number of piperazine rings is 1. The number of ketones is 2. The number of aliphatic hydroxyl groups excluding tert-OH is 1. The highest BCUT2D eigenvalue weighted by atomic mass is 16.5. The zero-order chi connectivity index (χ0) is 24.4. The van der Waals surface area contributed by atoms with Crippen LogP contribution in [-0.4, -0.2) is 76.9 Å². The molecule has 1 aromatic carbocycles. The number of amides is 1. The summed E-state index contributed by atoms with van der Waals surface area (Å²) < 4.78 is 5.93.